The molecule has 2 aromatic rings. The number of fused-ring (bicyclic) bond motifs is 2. The monoisotopic (exact) mass is 453 g/mol. The zero-order valence-corrected chi connectivity index (χ0v) is 19.4. The van der Waals surface area contributed by atoms with Crippen LogP contribution < -0.4 is 15.5 Å². The van der Waals surface area contributed by atoms with Crippen molar-refractivity contribution < 1.29 is 9.59 Å². The molecule has 0 bridgehead atoms. The number of nitrogens with zero attached hydrogens (tertiary/aromatic N) is 3. The van der Waals surface area contributed by atoms with Crippen LogP contribution in [0.5, 0.6) is 0 Å². The van der Waals surface area contributed by atoms with Crippen LogP contribution in [0, 0.1) is 5.92 Å². The van der Waals surface area contributed by atoms with E-state index in [1.807, 2.05) is 4.90 Å². The molecule has 5 rings (SSSR count). The Morgan fingerprint density at radius 1 is 1.25 bits per heavy atom. The van der Waals surface area contributed by atoms with Crippen LogP contribution in [0.2, 0.25) is 0 Å². The second kappa shape index (κ2) is 9.19. The fraction of sp³-hybridized carbons (Fsp3) is 0.542. The Kier molecular flexibility index (Phi) is 6.15. The predicted molar refractivity (Wildman–Crippen MR) is 127 cm³/mol. The highest BCUT2D eigenvalue weighted by Gasteiger charge is 2.37. The number of nitrogens with one attached hydrogen (secondary N) is 2. The number of benzene rings is 1. The van der Waals surface area contributed by atoms with Crippen molar-refractivity contribution >= 4 is 34.0 Å². The standard InChI is InChI=1S/C24H31N5O2S/c1-2-3-6-10-29-19-8-5-4-7-16(19)12-20(29)23(31)28-11-9-18-21(15-28)32-24(26-18)27-22(30)17-13-25-14-17/h4-5,7-8,17,20,25H,2-3,6,9-15H2,1H3,(H,26,27,30). The topological polar surface area (TPSA) is 77.6 Å². The molecule has 0 saturated carbocycles. The molecule has 1 unspecified atom stereocenters. The summed E-state index contributed by atoms with van der Waals surface area (Å²) < 4.78 is 0. The number of carbonyl (C=O) groups excluding carboxylic acids is 2. The van der Waals surface area contributed by atoms with Crippen LogP contribution in [-0.2, 0) is 29.0 Å². The molecule has 1 atom stereocenters. The van der Waals surface area contributed by atoms with Gasteiger partial charge in [0.15, 0.2) is 5.13 Å². The highest BCUT2D eigenvalue weighted by atomic mass is 32.1. The molecule has 3 aliphatic heterocycles. The summed E-state index contributed by atoms with van der Waals surface area (Å²) in [5.74, 6) is 0.286. The fourth-order valence-corrected chi connectivity index (χ4v) is 5.84. The predicted octanol–water partition coefficient (Wildman–Crippen LogP) is 2.81. The van der Waals surface area contributed by atoms with Crippen molar-refractivity contribution in [3.05, 3.63) is 40.4 Å². The van der Waals surface area contributed by atoms with E-state index in [0.717, 1.165) is 49.5 Å². The largest absolute Gasteiger partial charge is 0.359 e. The van der Waals surface area contributed by atoms with Gasteiger partial charge < -0.3 is 20.4 Å². The van der Waals surface area contributed by atoms with E-state index in [4.69, 9.17) is 0 Å². The number of carbonyl (C=O) groups is 2. The van der Waals surface area contributed by atoms with Crippen molar-refractivity contribution in [2.45, 2.75) is 51.6 Å². The highest BCUT2D eigenvalue weighted by Crippen LogP contribution is 2.35. The molecule has 1 aromatic carbocycles. The average Bonchev–Trinajstić information content (AvgIpc) is 3.32. The third kappa shape index (κ3) is 4.13. The van der Waals surface area contributed by atoms with Crippen LogP contribution in [0.15, 0.2) is 24.3 Å². The van der Waals surface area contributed by atoms with E-state index in [-0.39, 0.29) is 23.8 Å². The van der Waals surface area contributed by atoms with Crippen molar-refractivity contribution in [2.24, 2.45) is 5.92 Å². The van der Waals surface area contributed by atoms with Gasteiger partial charge in [-0.15, -0.1) is 0 Å². The number of aromatic nitrogens is 1. The molecule has 7 nitrogen and oxygen atoms in total. The molecule has 0 spiro atoms. The van der Waals surface area contributed by atoms with Crippen LogP contribution >= 0.6 is 11.3 Å². The highest BCUT2D eigenvalue weighted by molar-refractivity contribution is 7.15. The number of anilines is 2. The molecule has 4 heterocycles. The molecule has 3 aliphatic rings. The van der Waals surface area contributed by atoms with E-state index in [0.29, 0.717) is 18.2 Å². The normalized spacial score (nSPS) is 20.0. The maximum absolute atomic E-state index is 13.6. The SMILES string of the molecule is CCCCCN1c2ccccc2CC1C(=O)N1CCc2nc(NC(=O)C3CNC3)sc2C1. The number of rotatable bonds is 7. The maximum Gasteiger partial charge on any atom is 0.245 e. The van der Waals surface area contributed by atoms with Gasteiger partial charge in [0.2, 0.25) is 11.8 Å². The Morgan fingerprint density at radius 3 is 2.88 bits per heavy atom. The number of unbranched alkanes of at least 4 members (excludes halogenated alkanes) is 2. The molecule has 2 amide bonds. The number of hydrogen-bond donors (Lipinski definition) is 2. The zero-order valence-electron chi connectivity index (χ0n) is 18.6. The quantitative estimate of drug-likeness (QED) is 0.631. The summed E-state index contributed by atoms with van der Waals surface area (Å²) in [5.41, 5.74) is 3.51. The number of para-hydroxylation sites is 1. The lowest BCUT2D eigenvalue weighted by atomic mass is 10.0. The number of hydrogen-bond acceptors (Lipinski definition) is 6. The first-order valence-corrected chi connectivity index (χ1v) is 12.6. The van der Waals surface area contributed by atoms with Gasteiger partial charge in [-0.25, -0.2) is 4.98 Å². The van der Waals surface area contributed by atoms with Crippen LogP contribution in [0.4, 0.5) is 10.8 Å². The Bertz CT molecular complexity index is 1000. The molecule has 0 radical (unpaired) electrons. The van der Waals surface area contributed by atoms with Gasteiger partial charge in [0, 0.05) is 49.6 Å². The lowest BCUT2D eigenvalue weighted by Gasteiger charge is -2.33. The summed E-state index contributed by atoms with van der Waals surface area (Å²) >= 11 is 1.51. The van der Waals surface area contributed by atoms with Gasteiger partial charge in [-0.1, -0.05) is 49.3 Å². The molecule has 1 aromatic heterocycles. The summed E-state index contributed by atoms with van der Waals surface area (Å²) in [5, 5.41) is 6.75. The van der Waals surface area contributed by atoms with E-state index in [1.54, 1.807) is 0 Å². The van der Waals surface area contributed by atoms with E-state index in [1.165, 1.54) is 35.4 Å². The van der Waals surface area contributed by atoms with E-state index >= 15 is 0 Å². The second-order valence-electron chi connectivity index (χ2n) is 8.99. The van der Waals surface area contributed by atoms with Crippen molar-refractivity contribution in [1.82, 2.24) is 15.2 Å². The summed E-state index contributed by atoms with van der Waals surface area (Å²) in [6.45, 7) is 5.87. The number of thiazole rings is 1. The molecular weight excluding hydrogens is 422 g/mol. The van der Waals surface area contributed by atoms with E-state index in [2.05, 4.69) is 51.7 Å². The zero-order chi connectivity index (χ0) is 22.1. The van der Waals surface area contributed by atoms with Crippen molar-refractivity contribution in [3.63, 3.8) is 0 Å². The molecule has 2 N–H and O–H groups in total. The minimum Gasteiger partial charge on any atom is -0.359 e. The van der Waals surface area contributed by atoms with Gasteiger partial charge in [-0.2, -0.15) is 0 Å². The van der Waals surface area contributed by atoms with Gasteiger partial charge >= 0.3 is 0 Å². The minimum absolute atomic E-state index is 0.0363. The van der Waals surface area contributed by atoms with Crippen molar-refractivity contribution in [2.75, 3.05) is 36.4 Å². The van der Waals surface area contributed by atoms with Gasteiger partial charge in [0.25, 0.3) is 0 Å². The van der Waals surface area contributed by atoms with Crippen LogP contribution in [0.1, 0.15) is 42.3 Å². The smallest absolute Gasteiger partial charge is 0.245 e. The molecule has 1 saturated heterocycles. The fourth-order valence-electron chi connectivity index (χ4n) is 4.81. The number of amides is 2. The molecule has 32 heavy (non-hydrogen) atoms. The van der Waals surface area contributed by atoms with Crippen LogP contribution in [0.3, 0.4) is 0 Å². The summed E-state index contributed by atoms with van der Waals surface area (Å²) in [4.78, 5) is 35.9. The summed E-state index contributed by atoms with van der Waals surface area (Å²) in [6.07, 6.45) is 4.98. The summed E-state index contributed by atoms with van der Waals surface area (Å²) in [6, 6.07) is 8.32. The maximum atomic E-state index is 13.6. The van der Waals surface area contributed by atoms with Gasteiger partial charge in [-0.3, -0.25) is 9.59 Å². The van der Waals surface area contributed by atoms with E-state index in [9.17, 15) is 9.59 Å². The van der Waals surface area contributed by atoms with Gasteiger partial charge in [0.05, 0.1) is 18.2 Å². The van der Waals surface area contributed by atoms with Crippen molar-refractivity contribution in [3.8, 4) is 0 Å². The van der Waals surface area contributed by atoms with Crippen LogP contribution in [-0.4, -0.2) is 53.9 Å². The Balaban J connectivity index is 1.27. The molecule has 1 fully saturated rings. The third-order valence-corrected chi connectivity index (χ3v) is 7.80. The first-order valence-electron chi connectivity index (χ1n) is 11.8. The average molecular weight is 454 g/mol. The molecule has 0 aliphatic carbocycles. The lowest BCUT2D eigenvalue weighted by Crippen LogP contribution is -2.49. The van der Waals surface area contributed by atoms with Gasteiger partial charge in [0.1, 0.15) is 6.04 Å². The summed E-state index contributed by atoms with van der Waals surface area (Å²) in [7, 11) is 0. The van der Waals surface area contributed by atoms with Gasteiger partial charge in [-0.05, 0) is 18.1 Å². The Morgan fingerprint density at radius 2 is 2.09 bits per heavy atom. The molecule has 8 heteroatoms. The Labute approximate surface area is 193 Å². The van der Waals surface area contributed by atoms with Crippen LogP contribution in [0.25, 0.3) is 0 Å². The second-order valence-corrected chi connectivity index (χ2v) is 10.1. The third-order valence-electron chi connectivity index (χ3n) is 6.80. The van der Waals surface area contributed by atoms with Crippen molar-refractivity contribution in [1.29, 1.82) is 0 Å². The molecular formula is C24H31N5O2S. The first kappa shape index (κ1) is 21.4. The molecule has 170 valence electrons. The Hall–Kier alpha value is -2.45. The minimum atomic E-state index is -0.121. The van der Waals surface area contributed by atoms with E-state index < -0.39 is 0 Å². The lowest BCUT2D eigenvalue weighted by molar-refractivity contribution is -0.133. The first-order chi connectivity index (χ1) is 15.6.